The molecule has 0 fully saturated rings. The molecule has 0 bridgehead atoms. The molecule has 0 atom stereocenters. The Morgan fingerprint density at radius 1 is 1.29 bits per heavy atom. The fraction of sp³-hybridized carbons (Fsp3) is 0.455. The molecule has 28 heavy (non-hydrogen) atoms. The molecule has 0 spiro atoms. The van der Waals surface area contributed by atoms with Crippen molar-refractivity contribution in [3.8, 4) is 0 Å². The molecule has 2 N–H and O–H groups in total. The summed E-state index contributed by atoms with van der Waals surface area (Å²) in [5.74, 6) is -0.00196. The number of nitrogens with one attached hydrogen (secondary N) is 2. The molecule has 1 aromatic carbocycles. The highest BCUT2D eigenvalue weighted by molar-refractivity contribution is 5.90. The van der Waals surface area contributed by atoms with Crippen molar-refractivity contribution in [1.82, 2.24) is 15.2 Å². The molecule has 6 nitrogen and oxygen atoms in total. The number of rotatable bonds is 4. The summed E-state index contributed by atoms with van der Waals surface area (Å²) in [6, 6.07) is 6.10. The van der Waals surface area contributed by atoms with Gasteiger partial charge in [0.1, 0.15) is 5.60 Å². The van der Waals surface area contributed by atoms with Crippen LogP contribution in [0.5, 0.6) is 0 Å². The average molecular weight is 383 g/mol. The van der Waals surface area contributed by atoms with E-state index in [0.29, 0.717) is 26.1 Å². The lowest BCUT2D eigenvalue weighted by atomic mass is 10.1. The molecule has 2 aromatic rings. The van der Waals surface area contributed by atoms with Crippen LogP contribution in [-0.4, -0.2) is 47.1 Å². The van der Waals surface area contributed by atoms with E-state index in [2.05, 4.69) is 23.3 Å². The van der Waals surface area contributed by atoms with Gasteiger partial charge in [0.2, 0.25) is 5.91 Å². The third-order valence-corrected chi connectivity index (χ3v) is 4.83. The lowest BCUT2D eigenvalue weighted by molar-refractivity contribution is -0.120. The van der Waals surface area contributed by atoms with Crippen LogP contribution in [0.2, 0.25) is 0 Å². The molecule has 1 aliphatic rings. The smallest absolute Gasteiger partial charge is 0.410 e. The Kier molecular flexibility index (Phi) is 5.77. The second-order valence-electron chi connectivity index (χ2n) is 8.30. The number of para-hydroxylation sites is 1. The number of hydrogen-bond donors (Lipinski definition) is 2. The fourth-order valence-electron chi connectivity index (χ4n) is 3.32. The van der Waals surface area contributed by atoms with Crippen molar-refractivity contribution in [1.29, 1.82) is 0 Å². The second-order valence-corrected chi connectivity index (χ2v) is 8.30. The van der Waals surface area contributed by atoms with Gasteiger partial charge < -0.3 is 19.9 Å². The molecular weight excluding hydrogens is 354 g/mol. The first-order valence-electron chi connectivity index (χ1n) is 9.71. The van der Waals surface area contributed by atoms with E-state index >= 15 is 0 Å². The number of aromatic amines is 1. The largest absolute Gasteiger partial charge is 0.444 e. The summed E-state index contributed by atoms with van der Waals surface area (Å²) in [5, 5.41) is 4.09. The van der Waals surface area contributed by atoms with Gasteiger partial charge in [-0.05, 0) is 45.2 Å². The Hall–Kier alpha value is -2.76. The van der Waals surface area contributed by atoms with Crippen molar-refractivity contribution in [3.05, 3.63) is 47.2 Å². The maximum absolute atomic E-state index is 12.4. The van der Waals surface area contributed by atoms with Crippen molar-refractivity contribution in [2.24, 2.45) is 0 Å². The number of nitrogens with zero attached hydrogens (tertiary/aromatic N) is 1. The van der Waals surface area contributed by atoms with E-state index in [1.165, 1.54) is 5.56 Å². The Labute approximate surface area is 165 Å². The van der Waals surface area contributed by atoms with Gasteiger partial charge in [0.25, 0.3) is 0 Å². The van der Waals surface area contributed by atoms with Crippen LogP contribution in [0.15, 0.2) is 36.0 Å². The highest BCUT2D eigenvalue weighted by Crippen LogP contribution is 2.21. The third-order valence-electron chi connectivity index (χ3n) is 4.83. The predicted molar refractivity (Wildman–Crippen MR) is 110 cm³/mol. The summed E-state index contributed by atoms with van der Waals surface area (Å²) in [6.07, 6.45) is 4.71. The van der Waals surface area contributed by atoms with Gasteiger partial charge >= 0.3 is 6.09 Å². The summed E-state index contributed by atoms with van der Waals surface area (Å²) < 4.78 is 5.40. The Bertz CT molecular complexity index is 905. The van der Waals surface area contributed by atoms with Crippen molar-refractivity contribution >= 4 is 22.9 Å². The Morgan fingerprint density at radius 2 is 2.07 bits per heavy atom. The zero-order chi connectivity index (χ0) is 20.3. The van der Waals surface area contributed by atoms with E-state index in [4.69, 9.17) is 4.74 Å². The van der Waals surface area contributed by atoms with Crippen molar-refractivity contribution < 1.29 is 14.3 Å². The number of amides is 2. The van der Waals surface area contributed by atoms with Gasteiger partial charge in [-0.15, -0.1) is 0 Å². The molecule has 0 aliphatic carbocycles. The molecule has 6 heteroatoms. The summed E-state index contributed by atoms with van der Waals surface area (Å²) in [7, 11) is 0. The van der Waals surface area contributed by atoms with Crippen molar-refractivity contribution in [3.63, 3.8) is 0 Å². The third kappa shape index (κ3) is 4.94. The molecule has 0 radical (unpaired) electrons. The highest BCUT2D eigenvalue weighted by atomic mass is 16.6. The quantitative estimate of drug-likeness (QED) is 0.791. The van der Waals surface area contributed by atoms with Gasteiger partial charge in [0, 0.05) is 36.7 Å². The fourth-order valence-corrected chi connectivity index (χ4v) is 3.32. The predicted octanol–water partition coefficient (Wildman–Crippen LogP) is 3.70. The Balaban J connectivity index is 1.50. The van der Waals surface area contributed by atoms with E-state index in [0.717, 1.165) is 28.5 Å². The van der Waals surface area contributed by atoms with Gasteiger partial charge in [-0.3, -0.25) is 4.79 Å². The Morgan fingerprint density at radius 3 is 2.75 bits per heavy atom. The van der Waals surface area contributed by atoms with Gasteiger partial charge in [0.15, 0.2) is 0 Å². The van der Waals surface area contributed by atoms with E-state index in [1.54, 1.807) is 4.90 Å². The molecule has 150 valence electrons. The van der Waals surface area contributed by atoms with Crippen LogP contribution in [0.3, 0.4) is 0 Å². The normalized spacial score (nSPS) is 14.7. The lowest BCUT2D eigenvalue weighted by Gasteiger charge is -2.29. The zero-order valence-electron chi connectivity index (χ0n) is 17.1. The van der Waals surface area contributed by atoms with E-state index < -0.39 is 5.60 Å². The first-order valence-corrected chi connectivity index (χ1v) is 9.71. The van der Waals surface area contributed by atoms with Crippen LogP contribution < -0.4 is 5.32 Å². The first-order chi connectivity index (χ1) is 13.2. The van der Waals surface area contributed by atoms with Gasteiger partial charge in [-0.2, -0.15) is 0 Å². The first kappa shape index (κ1) is 20.0. The van der Waals surface area contributed by atoms with Crippen LogP contribution in [0.4, 0.5) is 4.79 Å². The van der Waals surface area contributed by atoms with Gasteiger partial charge in [-0.25, -0.2) is 4.79 Å². The number of carbonyl (C=O) groups excluding carboxylic acids is 2. The average Bonchev–Trinajstić information content (AvgIpc) is 3.03. The van der Waals surface area contributed by atoms with Crippen LogP contribution in [0, 0.1) is 6.92 Å². The topological polar surface area (TPSA) is 74.4 Å². The second kappa shape index (κ2) is 8.09. The number of fused-ring (bicyclic) bond motifs is 1. The number of benzene rings is 1. The van der Waals surface area contributed by atoms with Crippen LogP contribution in [0.1, 0.15) is 38.3 Å². The minimum atomic E-state index is -0.490. The van der Waals surface area contributed by atoms with Crippen molar-refractivity contribution in [2.45, 2.75) is 46.1 Å². The number of H-pyrrole nitrogens is 1. The van der Waals surface area contributed by atoms with Crippen LogP contribution in [0.25, 0.3) is 10.9 Å². The van der Waals surface area contributed by atoms with E-state index in [-0.39, 0.29) is 12.0 Å². The number of aromatic nitrogens is 1. The maximum Gasteiger partial charge on any atom is 0.410 e. The molecule has 2 amide bonds. The molecule has 2 heterocycles. The molecule has 1 aliphatic heterocycles. The number of ether oxygens (including phenoxy) is 1. The highest BCUT2D eigenvalue weighted by Gasteiger charge is 2.23. The molecule has 0 saturated heterocycles. The summed E-state index contributed by atoms with van der Waals surface area (Å²) in [5.41, 5.74) is 3.91. The molecule has 1 aromatic heterocycles. The number of aryl methyl sites for hydroxylation is 1. The number of hydrogen-bond acceptors (Lipinski definition) is 3. The van der Waals surface area contributed by atoms with Crippen LogP contribution >= 0.6 is 0 Å². The minimum absolute atomic E-state index is 0.00196. The minimum Gasteiger partial charge on any atom is -0.444 e. The van der Waals surface area contributed by atoms with Crippen molar-refractivity contribution in [2.75, 3.05) is 19.6 Å². The van der Waals surface area contributed by atoms with E-state index in [1.807, 2.05) is 45.2 Å². The summed E-state index contributed by atoms with van der Waals surface area (Å²) in [6.45, 7) is 9.28. The van der Waals surface area contributed by atoms with E-state index in [9.17, 15) is 9.59 Å². The molecule has 0 saturated carbocycles. The van der Waals surface area contributed by atoms with Gasteiger partial charge in [0.05, 0.1) is 6.42 Å². The number of carbonyl (C=O) groups is 2. The lowest BCUT2D eigenvalue weighted by Crippen LogP contribution is -2.40. The summed E-state index contributed by atoms with van der Waals surface area (Å²) >= 11 is 0. The molecule has 3 rings (SSSR count). The molecular formula is C22H29N3O3. The maximum atomic E-state index is 12.4. The van der Waals surface area contributed by atoms with Gasteiger partial charge in [-0.1, -0.05) is 29.8 Å². The molecule has 0 unspecified atom stereocenters. The van der Waals surface area contributed by atoms with Crippen LogP contribution in [-0.2, 0) is 16.0 Å². The monoisotopic (exact) mass is 383 g/mol. The zero-order valence-corrected chi connectivity index (χ0v) is 17.1. The SMILES string of the molecule is Cc1cccc2c(CC(=O)NCC3=CCN(C(=O)OC(C)(C)C)CC3)c[nH]c12. The standard InChI is InChI=1S/C22H29N3O3/c1-15-6-5-7-18-17(14-24-20(15)18)12-19(26)23-13-16-8-10-25(11-9-16)21(27)28-22(2,3)4/h5-8,14,24H,9-13H2,1-4H3,(H,23,26). The summed E-state index contributed by atoms with van der Waals surface area (Å²) in [4.78, 5) is 29.4.